The van der Waals surface area contributed by atoms with Crippen molar-refractivity contribution in [2.75, 3.05) is 7.11 Å². The third kappa shape index (κ3) is 4.35. The van der Waals surface area contributed by atoms with Gasteiger partial charge in [0.2, 0.25) is 0 Å². The molecule has 0 radical (unpaired) electrons. The molecule has 0 spiro atoms. The van der Waals surface area contributed by atoms with Crippen LogP contribution in [0.15, 0.2) is 59.5 Å². The molecule has 2 atom stereocenters. The predicted octanol–water partition coefficient (Wildman–Crippen LogP) is 3.22. The molecule has 128 valence electrons. The fourth-order valence-electron chi connectivity index (χ4n) is 2.05. The number of carbonyl (C=O) groups is 1. The molecule has 0 aromatic heterocycles. The molecule has 0 bridgehead atoms. The van der Waals surface area contributed by atoms with Crippen LogP contribution in [0.3, 0.4) is 0 Å². The first kappa shape index (κ1) is 18.4. The second kappa shape index (κ2) is 7.79. The third-order valence-corrected chi connectivity index (χ3v) is 5.08. The van der Waals surface area contributed by atoms with Gasteiger partial charge in [-0.1, -0.05) is 48.0 Å². The van der Waals surface area contributed by atoms with Crippen molar-refractivity contribution in [1.82, 2.24) is 0 Å². The van der Waals surface area contributed by atoms with E-state index in [-0.39, 0.29) is 4.90 Å². The number of ether oxygens (including phenoxy) is 1. The number of methoxy groups -OCH3 is 1. The average Bonchev–Trinajstić information content (AvgIpc) is 2.59. The van der Waals surface area contributed by atoms with Crippen LogP contribution in [-0.2, 0) is 23.8 Å². The number of hydrogen-bond acceptors (Lipinski definition) is 5. The maximum Gasteiger partial charge on any atom is 0.326 e. The lowest BCUT2D eigenvalue weighted by Gasteiger charge is -2.21. The van der Waals surface area contributed by atoms with Crippen LogP contribution in [0.1, 0.15) is 17.2 Å². The van der Waals surface area contributed by atoms with E-state index in [0.717, 1.165) is 5.56 Å². The molecule has 2 aromatic rings. The highest BCUT2D eigenvalue weighted by molar-refractivity contribution is 7.86. The van der Waals surface area contributed by atoms with E-state index >= 15 is 0 Å². The van der Waals surface area contributed by atoms with Crippen molar-refractivity contribution < 1.29 is 22.1 Å². The summed E-state index contributed by atoms with van der Waals surface area (Å²) < 4.78 is 34.9. The number of rotatable bonds is 6. The zero-order valence-corrected chi connectivity index (χ0v) is 14.8. The number of carbonyl (C=O) groups excluding carboxylic acids is 1. The Bertz CT molecular complexity index is 787. The summed E-state index contributed by atoms with van der Waals surface area (Å²) in [6.45, 7) is 1.84. The first-order valence-corrected chi connectivity index (χ1v) is 8.96. The SMILES string of the molecule is COC(=O)[C@H](Cl)[C@H](OS(=O)(=O)c1ccc(C)cc1)c1ccccc1. The Kier molecular flexibility index (Phi) is 5.99. The van der Waals surface area contributed by atoms with Crippen molar-refractivity contribution in [3.8, 4) is 0 Å². The van der Waals surface area contributed by atoms with Crippen molar-refractivity contribution in [2.24, 2.45) is 0 Å². The molecule has 5 nitrogen and oxygen atoms in total. The maximum absolute atomic E-state index is 12.5. The van der Waals surface area contributed by atoms with Crippen LogP contribution in [-0.4, -0.2) is 26.9 Å². The summed E-state index contributed by atoms with van der Waals surface area (Å²) in [5, 5.41) is -1.31. The van der Waals surface area contributed by atoms with E-state index < -0.39 is 27.6 Å². The average molecular weight is 369 g/mol. The molecule has 2 rings (SSSR count). The van der Waals surface area contributed by atoms with E-state index in [0.29, 0.717) is 5.56 Å². The number of aryl methyl sites for hydroxylation is 1. The lowest BCUT2D eigenvalue weighted by atomic mass is 10.1. The molecular weight excluding hydrogens is 352 g/mol. The molecule has 0 fully saturated rings. The van der Waals surface area contributed by atoms with E-state index in [1.54, 1.807) is 42.5 Å². The Labute approximate surface area is 146 Å². The molecule has 2 aromatic carbocycles. The summed E-state index contributed by atoms with van der Waals surface area (Å²) in [4.78, 5) is 11.8. The summed E-state index contributed by atoms with van der Waals surface area (Å²) >= 11 is 6.09. The van der Waals surface area contributed by atoms with Crippen molar-refractivity contribution in [3.05, 3.63) is 65.7 Å². The van der Waals surface area contributed by atoms with Crippen LogP contribution < -0.4 is 0 Å². The smallest absolute Gasteiger partial charge is 0.326 e. The van der Waals surface area contributed by atoms with Crippen LogP contribution in [0.25, 0.3) is 0 Å². The van der Waals surface area contributed by atoms with Crippen molar-refractivity contribution in [3.63, 3.8) is 0 Å². The Morgan fingerprint density at radius 2 is 1.62 bits per heavy atom. The molecule has 0 aliphatic rings. The molecule has 7 heteroatoms. The van der Waals surface area contributed by atoms with E-state index in [1.807, 2.05) is 6.92 Å². The summed E-state index contributed by atoms with van der Waals surface area (Å²) in [7, 11) is -2.93. The van der Waals surface area contributed by atoms with Crippen LogP contribution in [0.5, 0.6) is 0 Å². The molecule has 0 unspecified atom stereocenters. The van der Waals surface area contributed by atoms with Gasteiger partial charge in [0.25, 0.3) is 10.1 Å². The van der Waals surface area contributed by atoms with Gasteiger partial charge in [-0.25, -0.2) is 0 Å². The van der Waals surface area contributed by atoms with Crippen molar-refractivity contribution in [1.29, 1.82) is 0 Å². The van der Waals surface area contributed by atoms with Gasteiger partial charge >= 0.3 is 5.97 Å². The monoisotopic (exact) mass is 368 g/mol. The lowest BCUT2D eigenvalue weighted by Crippen LogP contribution is -2.28. The molecule has 0 aliphatic heterocycles. The Morgan fingerprint density at radius 1 is 1.04 bits per heavy atom. The maximum atomic E-state index is 12.5. The quantitative estimate of drug-likeness (QED) is 0.445. The fraction of sp³-hybridized carbons (Fsp3) is 0.235. The van der Waals surface area contributed by atoms with Crippen LogP contribution >= 0.6 is 11.6 Å². The zero-order valence-electron chi connectivity index (χ0n) is 13.2. The topological polar surface area (TPSA) is 69.7 Å². The van der Waals surface area contributed by atoms with E-state index in [1.165, 1.54) is 19.2 Å². The minimum absolute atomic E-state index is 0.0113. The summed E-state index contributed by atoms with van der Waals surface area (Å²) in [6.07, 6.45) is -1.20. The highest BCUT2D eigenvalue weighted by Gasteiger charge is 2.34. The van der Waals surface area contributed by atoms with E-state index in [4.69, 9.17) is 15.8 Å². The normalized spacial score (nSPS) is 14.0. The number of halogens is 1. The molecule has 0 N–H and O–H groups in total. The van der Waals surface area contributed by atoms with Gasteiger partial charge in [0.15, 0.2) is 5.38 Å². The molecule has 0 saturated heterocycles. The van der Waals surface area contributed by atoms with Crippen molar-refractivity contribution in [2.45, 2.75) is 23.3 Å². The van der Waals surface area contributed by atoms with Gasteiger partial charge in [0.1, 0.15) is 6.10 Å². The standard InChI is InChI=1S/C17H17ClO5S/c1-12-8-10-14(11-9-12)24(20,21)23-16(15(18)17(19)22-2)13-6-4-3-5-7-13/h3-11,15-16H,1-2H3/t15-,16-/m1/s1. The van der Waals surface area contributed by atoms with Crippen LogP contribution in [0, 0.1) is 6.92 Å². The first-order valence-electron chi connectivity index (χ1n) is 7.12. The Balaban J connectivity index is 2.37. The highest BCUT2D eigenvalue weighted by Crippen LogP contribution is 2.30. The van der Waals surface area contributed by atoms with Gasteiger partial charge in [-0.05, 0) is 24.6 Å². The third-order valence-electron chi connectivity index (χ3n) is 3.36. The molecule has 0 saturated carbocycles. The molecule has 0 amide bonds. The summed E-state index contributed by atoms with van der Waals surface area (Å²) in [6, 6.07) is 14.6. The van der Waals surface area contributed by atoms with Crippen LogP contribution in [0.4, 0.5) is 0 Å². The lowest BCUT2D eigenvalue weighted by molar-refractivity contribution is -0.141. The fourth-order valence-corrected chi connectivity index (χ4v) is 3.47. The summed E-state index contributed by atoms with van der Waals surface area (Å²) in [5.74, 6) is -0.773. The Morgan fingerprint density at radius 3 is 2.17 bits per heavy atom. The van der Waals surface area contributed by atoms with Gasteiger partial charge in [-0.3, -0.25) is 8.98 Å². The van der Waals surface area contributed by atoms with Crippen molar-refractivity contribution >= 4 is 27.7 Å². The van der Waals surface area contributed by atoms with Crippen LogP contribution in [0.2, 0.25) is 0 Å². The largest absolute Gasteiger partial charge is 0.468 e. The van der Waals surface area contributed by atoms with Gasteiger partial charge < -0.3 is 4.74 Å². The second-order valence-corrected chi connectivity index (χ2v) is 7.16. The van der Waals surface area contributed by atoms with Gasteiger partial charge in [0, 0.05) is 0 Å². The first-order chi connectivity index (χ1) is 11.3. The van der Waals surface area contributed by atoms with Gasteiger partial charge in [0.05, 0.1) is 12.0 Å². The predicted molar refractivity (Wildman–Crippen MR) is 90.3 cm³/mol. The van der Waals surface area contributed by atoms with E-state index in [9.17, 15) is 13.2 Å². The van der Waals surface area contributed by atoms with Gasteiger partial charge in [-0.2, -0.15) is 8.42 Å². The number of alkyl halides is 1. The molecule has 0 heterocycles. The zero-order chi connectivity index (χ0) is 17.7. The summed E-state index contributed by atoms with van der Waals surface area (Å²) in [5.41, 5.74) is 1.37. The minimum Gasteiger partial charge on any atom is -0.468 e. The molecule has 24 heavy (non-hydrogen) atoms. The number of hydrogen-bond donors (Lipinski definition) is 0. The number of benzene rings is 2. The van der Waals surface area contributed by atoms with Gasteiger partial charge in [-0.15, -0.1) is 11.6 Å². The molecule has 0 aliphatic carbocycles. The highest BCUT2D eigenvalue weighted by atomic mass is 35.5. The number of esters is 1. The van der Waals surface area contributed by atoms with E-state index in [2.05, 4.69) is 4.74 Å². The Hall–Kier alpha value is -1.89. The molecular formula is C17H17ClO5S. The minimum atomic E-state index is -4.10. The second-order valence-electron chi connectivity index (χ2n) is 5.12.